The second kappa shape index (κ2) is 7.34. The summed E-state index contributed by atoms with van der Waals surface area (Å²) in [6, 6.07) is 11.7. The van der Waals surface area contributed by atoms with E-state index in [1.807, 2.05) is 0 Å². The van der Waals surface area contributed by atoms with Gasteiger partial charge < -0.3 is 5.32 Å². The average Bonchev–Trinajstić information content (AvgIpc) is 2.56. The molecule has 1 amide bonds. The Kier molecular flexibility index (Phi) is 5.46. The van der Waals surface area contributed by atoms with Gasteiger partial charge >= 0.3 is 0 Å². The molecule has 2 aromatic rings. The molecule has 0 saturated carbocycles. The van der Waals surface area contributed by atoms with E-state index in [0.29, 0.717) is 18.5 Å². The topological polar surface area (TPSA) is 75.3 Å². The lowest BCUT2D eigenvalue weighted by atomic mass is 10.1. The van der Waals surface area contributed by atoms with Crippen LogP contribution in [0.4, 0.5) is 4.39 Å². The Morgan fingerprint density at radius 3 is 2.22 bits per heavy atom. The first kappa shape index (κ1) is 17.1. The van der Waals surface area contributed by atoms with Crippen molar-refractivity contribution in [2.75, 3.05) is 13.6 Å². The van der Waals surface area contributed by atoms with Gasteiger partial charge in [0.15, 0.2) is 0 Å². The first-order valence-corrected chi connectivity index (χ1v) is 8.47. The minimum absolute atomic E-state index is 0.0999. The molecule has 0 saturated heterocycles. The first-order valence-electron chi connectivity index (χ1n) is 6.98. The Hall–Kier alpha value is -2.25. The maximum Gasteiger partial charge on any atom is 0.251 e. The Bertz CT molecular complexity index is 772. The number of carbonyl (C=O) groups is 1. The molecule has 0 fully saturated rings. The quantitative estimate of drug-likeness (QED) is 0.843. The number of halogens is 1. The van der Waals surface area contributed by atoms with Crippen molar-refractivity contribution in [1.82, 2.24) is 10.0 Å². The molecule has 0 radical (unpaired) electrons. The lowest BCUT2D eigenvalue weighted by Gasteiger charge is -2.07. The Labute approximate surface area is 134 Å². The molecule has 0 heterocycles. The van der Waals surface area contributed by atoms with Gasteiger partial charge in [0.1, 0.15) is 5.82 Å². The molecule has 122 valence electrons. The molecule has 0 aromatic heterocycles. The molecule has 7 heteroatoms. The van der Waals surface area contributed by atoms with Crippen LogP contribution in [0.1, 0.15) is 15.9 Å². The SMILES string of the molecule is CNS(=O)(=O)c1ccc(C(=O)NCCc2ccc(F)cc2)cc1. The molecular formula is C16H17FN2O3S. The molecule has 0 unspecified atom stereocenters. The van der Waals surface area contributed by atoms with Gasteiger partial charge in [-0.25, -0.2) is 17.5 Å². The Morgan fingerprint density at radius 1 is 1.04 bits per heavy atom. The Morgan fingerprint density at radius 2 is 1.65 bits per heavy atom. The molecule has 5 nitrogen and oxygen atoms in total. The fourth-order valence-electron chi connectivity index (χ4n) is 1.98. The van der Waals surface area contributed by atoms with Crippen LogP contribution in [0.15, 0.2) is 53.4 Å². The van der Waals surface area contributed by atoms with Crippen LogP contribution in [-0.2, 0) is 16.4 Å². The molecule has 0 aliphatic carbocycles. The van der Waals surface area contributed by atoms with Crippen LogP contribution in [-0.4, -0.2) is 27.9 Å². The van der Waals surface area contributed by atoms with E-state index >= 15 is 0 Å². The predicted octanol–water partition coefficient (Wildman–Crippen LogP) is 1.71. The molecule has 2 N–H and O–H groups in total. The smallest absolute Gasteiger partial charge is 0.251 e. The number of amides is 1. The van der Waals surface area contributed by atoms with Crippen molar-refractivity contribution >= 4 is 15.9 Å². The summed E-state index contributed by atoms with van der Waals surface area (Å²) in [7, 11) is -2.18. The van der Waals surface area contributed by atoms with Gasteiger partial charge in [-0.3, -0.25) is 4.79 Å². The van der Waals surface area contributed by atoms with Gasteiger partial charge in [0.2, 0.25) is 10.0 Å². The van der Waals surface area contributed by atoms with Gasteiger partial charge in [-0.15, -0.1) is 0 Å². The molecule has 0 aliphatic rings. The fraction of sp³-hybridized carbons (Fsp3) is 0.188. The van der Waals surface area contributed by atoms with Crippen LogP contribution in [0.2, 0.25) is 0 Å². The van der Waals surface area contributed by atoms with Crippen LogP contribution >= 0.6 is 0 Å². The van der Waals surface area contributed by atoms with Crippen LogP contribution in [0.5, 0.6) is 0 Å². The largest absolute Gasteiger partial charge is 0.352 e. The third-order valence-corrected chi connectivity index (χ3v) is 4.74. The van der Waals surface area contributed by atoms with E-state index in [4.69, 9.17) is 0 Å². The third kappa shape index (κ3) is 4.61. The van der Waals surface area contributed by atoms with Gasteiger partial charge in [-0.05, 0) is 55.4 Å². The summed E-state index contributed by atoms with van der Waals surface area (Å²) >= 11 is 0. The maximum absolute atomic E-state index is 12.8. The van der Waals surface area contributed by atoms with Gasteiger partial charge in [-0.2, -0.15) is 0 Å². The minimum Gasteiger partial charge on any atom is -0.352 e. The van der Waals surface area contributed by atoms with Crippen LogP contribution in [0, 0.1) is 5.82 Å². The summed E-state index contributed by atoms with van der Waals surface area (Å²) in [5, 5.41) is 2.74. The second-order valence-electron chi connectivity index (χ2n) is 4.86. The monoisotopic (exact) mass is 336 g/mol. The van der Waals surface area contributed by atoms with Gasteiger partial charge in [0.25, 0.3) is 5.91 Å². The summed E-state index contributed by atoms with van der Waals surface area (Å²) < 4.78 is 38.2. The highest BCUT2D eigenvalue weighted by Crippen LogP contribution is 2.10. The zero-order valence-corrected chi connectivity index (χ0v) is 13.4. The number of rotatable bonds is 6. The highest BCUT2D eigenvalue weighted by molar-refractivity contribution is 7.89. The summed E-state index contributed by atoms with van der Waals surface area (Å²) in [5.74, 6) is -0.588. The molecular weight excluding hydrogens is 319 g/mol. The van der Waals surface area contributed by atoms with E-state index < -0.39 is 10.0 Å². The molecule has 23 heavy (non-hydrogen) atoms. The standard InChI is InChI=1S/C16H17FN2O3S/c1-18-23(21,22)15-8-4-13(5-9-15)16(20)19-11-10-12-2-6-14(17)7-3-12/h2-9,18H,10-11H2,1H3,(H,19,20). The summed E-state index contributed by atoms with van der Waals surface area (Å²) in [6.45, 7) is 0.404. The lowest BCUT2D eigenvalue weighted by Crippen LogP contribution is -2.26. The number of sulfonamides is 1. The normalized spacial score (nSPS) is 11.2. The number of hydrogen-bond donors (Lipinski definition) is 2. The zero-order valence-electron chi connectivity index (χ0n) is 12.5. The van der Waals surface area contributed by atoms with Gasteiger partial charge in [0, 0.05) is 12.1 Å². The van der Waals surface area contributed by atoms with Gasteiger partial charge in [0.05, 0.1) is 4.90 Å². The highest BCUT2D eigenvalue weighted by atomic mass is 32.2. The summed E-state index contributed by atoms with van der Waals surface area (Å²) in [5.41, 5.74) is 1.29. The lowest BCUT2D eigenvalue weighted by molar-refractivity contribution is 0.0954. The molecule has 0 aliphatic heterocycles. The summed E-state index contributed by atoms with van der Waals surface area (Å²) in [4.78, 5) is 12.1. The van der Waals surface area contributed by atoms with E-state index in [-0.39, 0.29) is 16.6 Å². The van der Waals surface area contributed by atoms with Crippen LogP contribution < -0.4 is 10.0 Å². The fourth-order valence-corrected chi connectivity index (χ4v) is 2.71. The minimum atomic E-state index is -3.51. The number of benzene rings is 2. The van der Waals surface area contributed by atoms with Crippen molar-refractivity contribution < 1.29 is 17.6 Å². The van der Waals surface area contributed by atoms with E-state index in [2.05, 4.69) is 10.0 Å². The van der Waals surface area contributed by atoms with Crippen molar-refractivity contribution in [3.05, 3.63) is 65.5 Å². The molecule has 2 rings (SSSR count). The summed E-state index contributed by atoms with van der Waals surface area (Å²) in [6.07, 6.45) is 0.582. The zero-order chi connectivity index (χ0) is 16.9. The Balaban J connectivity index is 1.92. The maximum atomic E-state index is 12.8. The van der Waals surface area contributed by atoms with E-state index in [0.717, 1.165) is 5.56 Å². The number of hydrogen-bond acceptors (Lipinski definition) is 3. The van der Waals surface area contributed by atoms with E-state index in [1.165, 1.54) is 43.4 Å². The number of carbonyl (C=O) groups excluding carboxylic acids is 1. The second-order valence-corrected chi connectivity index (χ2v) is 6.75. The molecule has 2 aromatic carbocycles. The predicted molar refractivity (Wildman–Crippen MR) is 85.1 cm³/mol. The van der Waals surface area contributed by atoms with Gasteiger partial charge in [-0.1, -0.05) is 12.1 Å². The third-order valence-electron chi connectivity index (χ3n) is 3.31. The number of nitrogens with one attached hydrogen (secondary N) is 2. The molecule has 0 spiro atoms. The van der Waals surface area contributed by atoms with Crippen molar-refractivity contribution in [1.29, 1.82) is 0 Å². The molecule has 0 bridgehead atoms. The first-order chi connectivity index (χ1) is 10.9. The highest BCUT2D eigenvalue weighted by Gasteiger charge is 2.12. The van der Waals surface area contributed by atoms with Crippen molar-refractivity contribution in [3.8, 4) is 0 Å². The van der Waals surface area contributed by atoms with Crippen molar-refractivity contribution in [3.63, 3.8) is 0 Å². The van der Waals surface area contributed by atoms with Crippen molar-refractivity contribution in [2.24, 2.45) is 0 Å². The van der Waals surface area contributed by atoms with Crippen LogP contribution in [0.25, 0.3) is 0 Å². The molecule has 0 atom stereocenters. The van der Waals surface area contributed by atoms with E-state index in [9.17, 15) is 17.6 Å². The van der Waals surface area contributed by atoms with Crippen molar-refractivity contribution in [2.45, 2.75) is 11.3 Å². The van der Waals surface area contributed by atoms with Crippen LogP contribution in [0.3, 0.4) is 0 Å². The van der Waals surface area contributed by atoms with E-state index in [1.54, 1.807) is 12.1 Å². The average molecular weight is 336 g/mol.